The van der Waals surface area contributed by atoms with E-state index in [1.54, 1.807) is 30.5 Å². The van der Waals surface area contributed by atoms with Crippen LogP contribution in [0.1, 0.15) is 16.2 Å². The lowest BCUT2D eigenvalue weighted by Crippen LogP contribution is -2.53. The van der Waals surface area contributed by atoms with Gasteiger partial charge in [-0.2, -0.15) is 0 Å². The molecule has 1 aromatic heterocycles. The van der Waals surface area contributed by atoms with Crippen LogP contribution in [-0.2, 0) is 13.6 Å². The van der Waals surface area contributed by atoms with E-state index in [2.05, 4.69) is 4.98 Å². The molecule has 2 fully saturated rings. The number of halogens is 1. The van der Waals surface area contributed by atoms with E-state index in [0.29, 0.717) is 43.3 Å². The van der Waals surface area contributed by atoms with Gasteiger partial charge in [-0.1, -0.05) is 11.6 Å². The first-order valence-electron chi connectivity index (χ1n) is 8.59. The second-order valence-corrected chi connectivity index (χ2v) is 7.16. The largest absolute Gasteiger partial charge is 0.337 e. The maximum atomic E-state index is 12.7. The number of rotatable bonds is 3. The molecule has 0 bridgehead atoms. The van der Waals surface area contributed by atoms with Crippen LogP contribution in [0.25, 0.3) is 0 Å². The van der Waals surface area contributed by atoms with Gasteiger partial charge in [-0.3, -0.25) is 4.79 Å². The third-order valence-electron chi connectivity index (χ3n) is 5.06. The Morgan fingerprint density at radius 1 is 1.23 bits per heavy atom. The molecule has 0 unspecified atom stereocenters. The van der Waals surface area contributed by atoms with Gasteiger partial charge < -0.3 is 19.3 Å². The van der Waals surface area contributed by atoms with E-state index in [1.165, 1.54) is 0 Å². The van der Waals surface area contributed by atoms with E-state index < -0.39 is 0 Å². The first kappa shape index (κ1) is 16.9. The monoisotopic (exact) mass is 373 g/mol. The van der Waals surface area contributed by atoms with Crippen molar-refractivity contribution >= 4 is 23.5 Å². The zero-order valence-electron chi connectivity index (χ0n) is 14.5. The maximum Gasteiger partial charge on any atom is 0.320 e. The number of carbonyl (C=O) groups is 2. The number of carbonyl (C=O) groups excluding carboxylic acids is 2. The highest BCUT2D eigenvalue weighted by Crippen LogP contribution is 2.23. The van der Waals surface area contributed by atoms with E-state index >= 15 is 0 Å². The zero-order chi connectivity index (χ0) is 18.3. The Kier molecular flexibility index (Phi) is 4.32. The maximum absolute atomic E-state index is 12.7. The molecular weight excluding hydrogens is 354 g/mol. The normalized spacial score (nSPS) is 19.8. The number of fused-ring (bicyclic) bond motifs is 1. The predicted molar refractivity (Wildman–Crippen MR) is 96.9 cm³/mol. The molecule has 0 radical (unpaired) electrons. The summed E-state index contributed by atoms with van der Waals surface area (Å²) in [5, 5.41) is 0.609. The molecule has 2 aliphatic heterocycles. The number of nitrogens with zero attached hydrogens (tertiary/aromatic N) is 5. The smallest absolute Gasteiger partial charge is 0.320 e. The van der Waals surface area contributed by atoms with Gasteiger partial charge in [0.05, 0.1) is 12.6 Å². The number of imidazole rings is 1. The second kappa shape index (κ2) is 6.64. The third-order valence-corrected chi connectivity index (χ3v) is 5.31. The van der Waals surface area contributed by atoms with E-state index in [4.69, 9.17) is 11.6 Å². The molecule has 1 aromatic carbocycles. The molecule has 1 atom stereocenters. The number of hydrogen-bond acceptors (Lipinski definition) is 3. The van der Waals surface area contributed by atoms with Crippen molar-refractivity contribution in [2.24, 2.45) is 7.05 Å². The van der Waals surface area contributed by atoms with Crippen LogP contribution in [0.2, 0.25) is 5.02 Å². The Hall–Kier alpha value is -2.54. The lowest BCUT2D eigenvalue weighted by molar-refractivity contribution is 0.0617. The van der Waals surface area contributed by atoms with Crippen molar-refractivity contribution in [3.05, 3.63) is 53.1 Å². The van der Waals surface area contributed by atoms with E-state index in [0.717, 1.165) is 5.82 Å². The summed E-state index contributed by atoms with van der Waals surface area (Å²) in [6.45, 7) is 2.74. The molecule has 136 valence electrons. The van der Waals surface area contributed by atoms with Crippen molar-refractivity contribution in [2.75, 3.05) is 26.2 Å². The summed E-state index contributed by atoms with van der Waals surface area (Å²) in [4.78, 5) is 35.2. The summed E-state index contributed by atoms with van der Waals surface area (Å²) in [5.74, 6) is 0.837. The highest BCUT2D eigenvalue weighted by molar-refractivity contribution is 6.30. The quantitative estimate of drug-likeness (QED) is 0.824. The molecule has 3 heterocycles. The molecule has 2 aromatic rings. The molecule has 7 nitrogen and oxygen atoms in total. The standard InChI is InChI=1S/C18H20ClN5O2/c1-21-7-6-20-16(21)12-23-11-15-10-22(8-9-24(15)18(23)26)17(25)13-2-4-14(19)5-3-13/h2-7,15H,8-12H2,1H3/t15-/m1/s1. The van der Waals surface area contributed by atoms with Crippen molar-refractivity contribution in [3.8, 4) is 0 Å². The van der Waals surface area contributed by atoms with Crippen molar-refractivity contribution < 1.29 is 9.59 Å². The van der Waals surface area contributed by atoms with Gasteiger partial charge in [0.2, 0.25) is 0 Å². The average Bonchev–Trinajstić information content (AvgIpc) is 3.18. The number of amides is 3. The summed E-state index contributed by atoms with van der Waals surface area (Å²) < 4.78 is 1.92. The average molecular weight is 374 g/mol. The van der Waals surface area contributed by atoms with Gasteiger partial charge >= 0.3 is 6.03 Å². The minimum Gasteiger partial charge on any atom is -0.337 e. The second-order valence-electron chi connectivity index (χ2n) is 6.72. The first-order chi connectivity index (χ1) is 12.5. The van der Waals surface area contributed by atoms with Crippen LogP contribution in [0.15, 0.2) is 36.7 Å². The predicted octanol–water partition coefficient (Wildman–Crippen LogP) is 1.84. The lowest BCUT2D eigenvalue weighted by Gasteiger charge is -2.36. The van der Waals surface area contributed by atoms with Crippen LogP contribution in [0.3, 0.4) is 0 Å². The molecule has 26 heavy (non-hydrogen) atoms. The lowest BCUT2D eigenvalue weighted by atomic mass is 10.1. The van der Waals surface area contributed by atoms with Crippen molar-refractivity contribution in [3.63, 3.8) is 0 Å². The van der Waals surface area contributed by atoms with Crippen LogP contribution in [-0.4, -0.2) is 68.4 Å². The molecule has 2 saturated heterocycles. The third kappa shape index (κ3) is 3.03. The van der Waals surface area contributed by atoms with E-state index in [9.17, 15) is 9.59 Å². The molecule has 3 amide bonds. The number of piperazine rings is 1. The fourth-order valence-electron chi connectivity index (χ4n) is 3.59. The fraction of sp³-hybridized carbons (Fsp3) is 0.389. The van der Waals surface area contributed by atoms with Crippen LogP contribution in [0, 0.1) is 0 Å². The molecule has 0 aliphatic carbocycles. The Bertz CT molecular complexity index is 834. The Balaban J connectivity index is 1.44. The van der Waals surface area contributed by atoms with Crippen LogP contribution >= 0.6 is 11.6 Å². The summed E-state index contributed by atoms with van der Waals surface area (Å²) in [6, 6.07) is 6.97. The molecular formula is C18H20ClN5O2. The van der Waals surface area contributed by atoms with Gasteiger partial charge in [0, 0.05) is 56.2 Å². The number of aromatic nitrogens is 2. The summed E-state index contributed by atoms with van der Waals surface area (Å²) in [5.41, 5.74) is 0.622. The topological polar surface area (TPSA) is 61.7 Å². The first-order valence-corrected chi connectivity index (χ1v) is 8.97. The van der Waals surface area contributed by atoms with Gasteiger partial charge in [0.1, 0.15) is 5.82 Å². The highest BCUT2D eigenvalue weighted by atomic mass is 35.5. The van der Waals surface area contributed by atoms with Crippen LogP contribution in [0.4, 0.5) is 4.79 Å². The van der Waals surface area contributed by atoms with Crippen molar-refractivity contribution in [1.82, 2.24) is 24.3 Å². The molecule has 0 N–H and O–H groups in total. The van der Waals surface area contributed by atoms with Gasteiger partial charge in [-0.05, 0) is 24.3 Å². The van der Waals surface area contributed by atoms with Crippen LogP contribution in [0.5, 0.6) is 0 Å². The summed E-state index contributed by atoms with van der Waals surface area (Å²) >= 11 is 5.90. The van der Waals surface area contributed by atoms with Gasteiger partial charge in [-0.15, -0.1) is 0 Å². The number of aryl methyl sites for hydroxylation is 1. The van der Waals surface area contributed by atoms with E-state index in [-0.39, 0.29) is 18.0 Å². The fourth-order valence-corrected chi connectivity index (χ4v) is 3.71. The number of urea groups is 1. The Morgan fingerprint density at radius 2 is 2.00 bits per heavy atom. The molecule has 8 heteroatoms. The van der Waals surface area contributed by atoms with Gasteiger partial charge in [0.25, 0.3) is 5.91 Å². The van der Waals surface area contributed by atoms with Gasteiger partial charge in [-0.25, -0.2) is 9.78 Å². The minimum atomic E-state index is -0.0173. The molecule has 0 saturated carbocycles. The van der Waals surface area contributed by atoms with Crippen molar-refractivity contribution in [2.45, 2.75) is 12.6 Å². The molecule has 0 spiro atoms. The summed E-state index contributed by atoms with van der Waals surface area (Å²) in [7, 11) is 1.92. The molecule has 2 aliphatic rings. The summed E-state index contributed by atoms with van der Waals surface area (Å²) in [6.07, 6.45) is 3.60. The SMILES string of the molecule is Cn1ccnc1CN1C[C@H]2CN(C(=O)c3ccc(Cl)cc3)CCN2C1=O. The van der Waals surface area contributed by atoms with Gasteiger partial charge in [0.15, 0.2) is 0 Å². The Labute approximate surface area is 156 Å². The Morgan fingerprint density at radius 3 is 2.69 bits per heavy atom. The zero-order valence-corrected chi connectivity index (χ0v) is 15.3. The van der Waals surface area contributed by atoms with E-state index in [1.807, 2.05) is 32.5 Å². The highest BCUT2D eigenvalue weighted by Gasteiger charge is 2.41. The number of benzene rings is 1. The van der Waals surface area contributed by atoms with Crippen molar-refractivity contribution in [1.29, 1.82) is 0 Å². The molecule has 4 rings (SSSR count). The minimum absolute atomic E-state index is 0.0173. The van der Waals surface area contributed by atoms with Crippen LogP contribution < -0.4 is 0 Å². The number of hydrogen-bond donors (Lipinski definition) is 0.